The molecule has 0 aliphatic rings. The molecule has 0 bridgehead atoms. The molecule has 0 saturated heterocycles. The molecule has 2 aromatic carbocycles. The van der Waals surface area contributed by atoms with Crippen LogP contribution >= 0.6 is 15.9 Å². The average Bonchev–Trinajstić information content (AvgIpc) is 2.93. The lowest BCUT2D eigenvalue weighted by molar-refractivity contribution is 0.306. The lowest BCUT2D eigenvalue weighted by Crippen LogP contribution is -1.94. The van der Waals surface area contributed by atoms with Gasteiger partial charge in [0.1, 0.15) is 24.3 Å². The van der Waals surface area contributed by atoms with Crippen LogP contribution in [0.1, 0.15) is 5.56 Å². The van der Waals surface area contributed by atoms with Gasteiger partial charge in [0.25, 0.3) is 4.80 Å². The highest BCUT2D eigenvalue weighted by Crippen LogP contribution is 2.23. The van der Waals surface area contributed by atoms with E-state index in [-0.39, 0.29) is 0 Å². The first kappa shape index (κ1) is 12.9. The molecule has 20 heavy (non-hydrogen) atoms. The Balaban J connectivity index is 1.67. The van der Waals surface area contributed by atoms with Crippen LogP contribution in [0.2, 0.25) is 0 Å². The molecule has 0 radical (unpaired) electrons. The van der Waals surface area contributed by atoms with Crippen molar-refractivity contribution in [3.8, 4) is 17.0 Å². The minimum absolute atomic E-state index is 0.483. The van der Waals surface area contributed by atoms with Crippen LogP contribution in [0.5, 0.6) is 5.75 Å². The third kappa shape index (κ3) is 3.08. The van der Waals surface area contributed by atoms with Crippen LogP contribution in [0.15, 0.2) is 70.1 Å². The smallest absolute Gasteiger partial charge is 0.264 e. The van der Waals surface area contributed by atoms with Crippen molar-refractivity contribution in [1.82, 2.24) is 4.98 Å². The van der Waals surface area contributed by atoms with Gasteiger partial charge in [-0.3, -0.25) is 0 Å². The van der Waals surface area contributed by atoms with Gasteiger partial charge in [0, 0.05) is 21.5 Å². The largest absolute Gasteiger partial charge is 0.489 e. The molecule has 0 unspecified atom stereocenters. The van der Waals surface area contributed by atoms with E-state index >= 15 is 0 Å². The maximum Gasteiger partial charge on any atom is 0.264 e. The summed E-state index contributed by atoms with van der Waals surface area (Å²) in [5.41, 5.74) is 2.94. The summed E-state index contributed by atoms with van der Waals surface area (Å²) in [7, 11) is 0. The number of halogens is 1. The van der Waals surface area contributed by atoms with E-state index in [9.17, 15) is 0 Å². The minimum Gasteiger partial charge on any atom is -0.489 e. The molecule has 0 spiro atoms. The van der Waals surface area contributed by atoms with E-state index < -0.39 is 0 Å². The Bertz CT molecular complexity index is 677. The Kier molecular flexibility index (Phi) is 3.83. The van der Waals surface area contributed by atoms with Gasteiger partial charge in [-0.1, -0.05) is 30.3 Å². The van der Waals surface area contributed by atoms with E-state index in [0.717, 1.165) is 22.6 Å². The summed E-state index contributed by atoms with van der Waals surface area (Å²) in [6, 6.07) is 17.9. The highest BCUT2D eigenvalue weighted by atomic mass is 79.9. The molecule has 3 rings (SSSR count). The fraction of sp³-hybridized carbons (Fsp3) is 0.0625. The summed E-state index contributed by atoms with van der Waals surface area (Å²) in [6.07, 6.45) is 1.61. The van der Waals surface area contributed by atoms with Crippen LogP contribution in [-0.4, -0.2) is 4.98 Å². The number of hydrogen-bond donors (Lipinski definition) is 0. The van der Waals surface area contributed by atoms with Crippen molar-refractivity contribution >= 4 is 15.9 Å². The van der Waals surface area contributed by atoms with Gasteiger partial charge >= 0.3 is 0 Å². The van der Waals surface area contributed by atoms with E-state index in [1.165, 1.54) is 0 Å². The number of benzene rings is 2. The van der Waals surface area contributed by atoms with Crippen LogP contribution in [0.25, 0.3) is 11.3 Å². The Morgan fingerprint density at radius 3 is 2.40 bits per heavy atom. The van der Waals surface area contributed by atoms with Crippen molar-refractivity contribution < 1.29 is 9.15 Å². The Morgan fingerprint density at radius 2 is 1.75 bits per heavy atom. The second-order valence-electron chi connectivity index (χ2n) is 4.28. The first-order valence-corrected chi connectivity index (χ1v) is 6.99. The summed E-state index contributed by atoms with van der Waals surface area (Å²) in [4.78, 5) is 4.70. The maximum absolute atomic E-state index is 5.74. The van der Waals surface area contributed by atoms with Gasteiger partial charge in [0.05, 0.1) is 0 Å². The van der Waals surface area contributed by atoms with E-state index in [1.54, 1.807) is 6.26 Å². The third-order valence-electron chi connectivity index (χ3n) is 2.87. The van der Waals surface area contributed by atoms with Crippen LogP contribution in [0, 0.1) is 0 Å². The van der Waals surface area contributed by atoms with Gasteiger partial charge < -0.3 is 9.15 Å². The van der Waals surface area contributed by atoms with Crippen LogP contribution in [0.4, 0.5) is 0 Å². The lowest BCUT2D eigenvalue weighted by atomic mass is 10.2. The molecule has 3 nitrogen and oxygen atoms in total. The van der Waals surface area contributed by atoms with Gasteiger partial charge in [-0.15, -0.1) is 0 Å². The molecular formula is C16H12BrNO2. The standard InChI is InChI=1S/C16H12BrNO2/c17-16-18-15(11-20-16)13-6-8-14(9-7-13)19-10-12-4-2-1-3-5-12/h1-9,11H,10H2. The summed E-state index contributed by atoms with van der Waals surface area (Å²) < 4.78 is 10.9. The van der Waals surface area contributed by atoms with E-state index in [2.05, 4.69) is 20.9 Å². The first-order chi connectivity index (χ1) is 9.81. The number of oxazole rings is 1. The van der Waals surface area contributed by atoms with Gasteiger partial charge in [-0.25, -0.2) is 4.98 Å². The highest BCUT2D eigenvalue weighted by Gasteiger charge is 2.04. The second-order valence-corrected chi connectivity index (χ2v) is 4.96. The summed E-state index contributed by atoms with van der Waals surface area (Å²) in [6.45, 7) is 0.565. The van der Waals surface area contributed by atoms with Crippen molar-refractivity contribution in [1.29, 1.82) is 0 Å². The third-order valence-corrected chi connectivity index (χ3v) is 3.24. The normalized spacial score (nSPS) is 10.4. The molecule has 0 N–H and O–H groups in total. The highest BCUT2D eigenvalue weighted by molar-refractivity contribution is 9.10. The Labute approximate surface area is 125 Å². The topological polar surface area (TPSA) is 35.3 Å². The number of nitrogens with zero attached hydrogens (tertiary/aromatic N) is 1. The van der Waals surface area contributed by atoms with Gasteiger partial charge in [0.15, 0.2) is 0 Å². The number of aromatic nitrogens is 1. The van der Waals surface area contributed by atoms with Gasteiger partial charge in [-0.05, 0) is 29.8 Å². The van der Waals surface area contributed by atoms with E-state index in [4.69, 9.17) is 9.15 Å². The minimum atomic E-state index is 0.483. The molecular weight excluding hydrogens is 318 g/mol. The predicted molar refractivity (Wildman–Crippen MR) is 80.4 cm³/mol. The van der Waals surface area contributed by atoms with Crippen molar-refractivity contribution in [2.45, 2.75) is 6.61 Å². The monoisotopic (exact) mass is 329 g/mol. The van der Waals surface area contributed by atoms with Crippen molar-refractivity contribution in [3.05, 3.63) is 71.2 Å². The lowest BCUT2D eigenvalue weighted by Gasteiger charge is -2.06. The number of rotatable bonds is 4. The van der Waals surface area contributed by atoms with E-state index in [0.29, 0.717) is 11.4 Å². The van der Waals surface area contributed by atoms with Crippen LogP contribution < -0.4 is 4.74 Å². The molecule has 1 aromatic heterocycles. The molecule has 0 aliphatic carbocycles. The summed E-state index contributed by atoms with van der Waals surface area (Å²) in [5.74, 6) is 0.833. The molecule has 0 atom stereocenters. The molecule has 100 valence electrons. The zero-order valence-electron chi connectivity index (χ0n) is 10.6. The zero-order valence-corrected chi connectivity index (χ0v) is 12.2. The van der Waals surface area contributed by atoms with Crippen LogP contribution in [-0.2, 0) is 6.61 Å². The number of hydrogen-bond acceptors (Lipinski definition) is 3. The van der Waals surface area contributed by atoms with Gasteiger partial charge in [-0.2, -0.15) is 0 Å². The Morgan fingerprint density at radius 1 is 1.00 bits per heavy atom. The first-order valence-electron chi connectivity index (χ1n) is 6.19. The summed E-state index contributed by atoms with van der Waals surface area (Å²) in [5, 5.41) is 0. The molecule has 0 fully saturated rings. The molecule has 0 saturated carbocycles. The molecule has 0 amide bonds. The molecule has 0 aliphatic heterocycles. The molecule has 1 heterocycles. The fourth-order valence-electron chi connectivity index (χ4n) is 1.85. The Hall–Kier alpha value is -2.07. The fourth-order valence-corrected chi connectivity index (χ4v) is 2.13. The molecule has 4 heteroatoms. The summed E-state index contributed by atoms with van der Waals surface area (Å²) >= 11 is 3.19. The zero-order chi connectivity index (χ0) is 13.8. The van der Waals surface area contributed by atoms with Gasteiger partial charge in [0.2, 0.25) is 0 Å². The van der Waals surface area contributed by atoms with Crippen LogP contribution in [0.3, 0.4) is 0 Å². The maximum atomic E-state index is 5.74. The quantitative estimate of drug-likeness (QED) is 0.696. The van der Waals surface area contributed by atoms with E-state index in [1.807, 2.05) is 54.6 Å². The average molecular weight is 330 g/mol. The molecule has 3 aromatic rings. The van der Waals surface area contributed by atoms with Crippen molar-refractivity contribution in [2.24, 2.45) is 0 Å². The van der Waals surface area contributed by atoms with Crippen molar-refractivity contribution in [2.75, 3.05) is 0 Å². The SMILES string of the molecule is Brc1nc(-c2ccc(OCc3ccccc3)cc2)co1. The predicted octanol–water partition coefficient (Wildman–Crippen LogP) is 4.68. The van der Waals surface area contributed by atoms with Crippen molar-refractivity contribution in [3.63, 3.8) is 0 Å². The second kappa shape index (κ2) is 5.92. The number of ether oxygens (including phenoxy) is 1.